The summed E-state index contributed by atoms with van der Waals surface area (Å²) < 4.78 is 8.54. The molecule has 0 atom stereocenters. The number of aromatic nitrogens is 3. The molecule has 2 aromatic rings. The highest BCUT2D eigenvalue weighted by atomic mass is 35.5. The van der Waals surface area contributed by atoms with Gasteiger partial charge in [-0.2, -0.15) is 0 Å². The standard InChI is InChI=1S/C21H27ClN4O/c1-25-12-15-11-16(22)7-10-19(15)26-20(13-25)23-24-21(26)14-5-8-18(9-6-14)27-17-3-2-4-17/h7,10-11,14,17-18H,2-6,8-9,12-13H2,1H3/t14-,18+. The fourth-order valence-corrected chi connectivity index (χ4v) is 4.88. The van der Waals surface area contributed by atoms with E-state index in [1.54, 1.807) is 0 Å². The Kier molecular flexibility index (Phi) is 4.70. The Hall–Kier alpha value is -1.43. The summed E-state index contributed by atoms with van der Waals surface area (Å²) in [5.74, 6) is 2.60. The zero-order valence-corrected chi connectivity index (χ0v) is 16.7. The Bertz CT molecular complexity index is 824. The van der Waals surface area contributed by atoms with Gasteiger partial charge in [-0.25, -0.2) is 0 Å². The van der Waals surface area contributed by atoms with Gasteiger partial charge in [0.2, 0.25) is 0 Å². The Morgan fingerprint density at radius 3 is 2.52 bits per heavy atom. The van der Waals surface area contributed by atoms with Crippen LogP contribution in [0.2, 0.25) is 5.02 Å². The van der Waals surface area contributed by atoms with E-state index in [1.165, 1.54) is 30.5 Å². The van der Waals surface area contributed by atoms with E-state index in [9.17, 15) is 0 Å². The van der Waals surface area contributed by atoms with Crippen molar-refractivity contribution in [3.8, 4) is 5.69 Å². The van der Waals surface area contributed by atoms with E-state index in [0.29, 0.717) is 18.1 Å². The molecule has 5 rings (SSSR count). The van der Waals surface area contributed by atoms with E-state index in [4.69, 9.17) is 16.3 Å². The van der Waals surface area contributed by atoms with Crippen LogP contribution < -0.4 is 0 Å². The molecule has 144 valence electrons. The Labute approximate surface area is 165 Å². The molecular weight excluding hydrogens is 360 g/mol. The minimum atomic E-state index is 0.440. The highest BCUT2D eigenvalue weighted by Crippen LogP contribution is 2.38. The van der Waals surface area contributed by atoms with Gasteiger partial charge >= 0.3 is 0 Å². The molecule has 1 aliphatic heterocycles. The lowest BCUT2D eigenvalue weighted by Crippen LogP contribution is -2.30. The lowest BCUT2D eigenvalue weighted by Gasteiger charge is -2.34. The molecule has 0 unspecified atom stereocenters. The van der Waals surface area contributed by atoms with Crippen molar-refractivity contribution in [2.24, 2.45) is 0 Å². The van der Waals surface area contributed by atoms with Crippen LogP contribution in [0.1, 0.15) is 68.1 Å². The van der Waals surface area contributed by atoms with Crippen LogP contribution >= 0.6 is 11.6 Å². The largest absolute Gasteiger partial charge is 0.375 e. The van der Waals surface area contributed by atoms with Crippen LogP contribution in [0.3, 0.4) is 0 Å². The molecule has 0 N–H and O–H groups in total. The molecule has 2 aliphatic carbocycles. The Morgan fingerprint density at radius 2 is 1.78 bits per heavy atom. The highest BCUT2D eigenvalue weighted by molar-refractivity contribution is 6.30. The van der Waals surface area contributed by atoms with Crippen molar-refractivity contribution in [2.45, 2.75) is 76.2 Å². The number of rotatable bonds is 3. The second-order valence-electron chi connectivity index (χ2n) is 8.42. The van der Waals surface area contributed by atoms with Crippen LogP contribution in [0.4, 0.5) is 0 Å². The summed E-state index contributed by atoms with van der Waals surface area (Å²) in [4.78, 5) is 2.27. The number of hydrogen-bond donors (Lipinski definition) is 0. The molecule has 0 saturated heterocycles. The molecule has 2 fully saturated rings. The van der Waals surface area contributed by atoms with Crippen molar-refractivity contribution in [3.05, 3.63) is 40.4 Å². The maximum Gasteiger partial charge on any atom is 0.151 e. The lowest BCUT2D eigenvalue weighted by atomic mass is 9.86. The van der Waals surface area contributed by atoms with Crippen LogP contribution in [0.25, 0.3) is 5.69 Å². The van der Waals surface area contributed by atoms with Crippen molar-refractivity contribution in [1.29, 1.82) is 0 Å². The van der Waals surface area contributed by atoms with Crippen molar-refractivity contribution >= 4 is 11.6 Å². The van der Waals surface area contributed by atoms with E-state index in [-0.39, 0.29) is 0 Å². The number of ether oxygens (including phenoxy) is 1. The van der Waals surface area contributed by atoms with Crippen LogP contribution in [0.15, 0.2) is 18.2 Å². The molecule has 2 saturated carbocycles. The zero-order chi connectivity index (χ0) is 18.4. The fourth-order valence-electron chi connectivity index (χ4n) is 4.68. The minimum absolute atomic E-state index is 0.440. The third-order valence-corrected chi connectivity index (χ3v) is 6.60. The van der Waals surface area contributed by atoms with Gasteiger partial charge in [-0.1, -0.05) is 11.6 Å². The molecule has 27 heavy (non-hydrogen) atoms. The topological polar surface area (TPSA) is 43.2 Å². The summed E-state index contributed by atoms with van der Waals surface area (Å²) in [5.41, 5.74) is 2.43. The summed E-state index contributed by atoms with van der Waals surface area (Å²) in [5, 5.41) is 9.99. The van der Waals surface area contributed by atoms with E-state index in [2.05, 4.69) is 38.8 Å². The first-order valence-corrected chi connectivity index (χ1v) is 10.6. The second-order valence-corrected chi connectivity index (χ2v) is 8.85. The average Bonchev–Trinajstić information content (AvgIpc) is 2.96. The Balaban J connectivity index is 1.40. The molecule has 6 heteroatoms. The quantitative estimate of drug-likeness (QED) is 0.781. The van der Waals surface area contributed by atoms with E-state index in [0.717, 1.165) is 55.4 Å². The van der Waals surface area contributed by atoms with Crippen molar-refractivity contribution < 1.29 is 4.74 Å². The zero-order valence-electron chi connectivity index (χ0n) is 15.9. The molecule has 0 radical (unpaired) electrons. The molecule has 2 heterocycles. The van der Waals surface area contributed by atoms with Gasteiger partial charge in [0.1, 0.15) is 5.82 Å². The summed E-state index contributed by atoms with van der Waals surface area (Å²) >= 11 is 6.27. The first-order valence-electron chi connectivity index (χ1n) is 10.2. The van der Waals surface area contributed by atoms with Crippen LogP contribution in [-0.4, -0.2) is 38.9 Å². The van der Waals surface area contributed by atoms with Gasteiger partial charge in [-0.15, -0.1) is 10.2 Å². The smallest absolute Gasteiger partial charge is 0.151 e. The molecule has 1 aromatic carbocycles. The van der Waals surface area contributed by atoms with Gasteiger partial charge in [0.05, 0.1) is 24.4 Å². The molecule has 5 nitrogen and oxygen atoms in total. The SMILES string of the molecule is CN1Cc2cc(Cl)ccc2-n2c(nnc2[C@H]2CC[C@@H](OC3CCC3)CC2)C1. The molecule has 3 aliphatic rings. The van der Waals surface area contributed by atoms with Gasteiger partial charge in [0.25, 0.3) is 0 Å². The average molecular weight is 387 g/mol. The second kappa shape index (κ2) is 7.19. The number of hydrogen-bond acceptors (Lipinski definition) is 4. The normalized spacial score (nSPS) is 26.1. The number of fused-ring (bicyclic) bond motifs is 3. The highest BCUT2D eigenvalue weighted by Gasteiger charge is 2.32. The summed E-state index contributed by atoms with van der Waals surface area (Å²) in [6.07, 6.45) is 9.35. The molecule has 1 aromatic heterocycles. The third-order valence-electron chi connectivity index (χ3n) is 6.37. The number of benzene rings is 1. The van der Waals surface area contributed by atoms with Gasteiger partial charge in [-0.3, -0.25) is 9.47 Å². The van der Waals surface area contributed by atoms with Gasteiger partial charge in [-0.05, 0) is 75.8 Å². The predicted molar refractivity (Wildman–Crippen MR) is 105 cm³/mol. The van der Waals surface area contributed by atoms with E-state index in [1.807, 2.05) is 6.07 Å². The first kappa shape index (κ1) is 17.7. The van der Waals surface area contributed by atoms with Crippen molar-refractivity contribution in [3.63, 3.8) is 0 Å². The number of nitrogens with zero attached hydrogens (tertiary/aromatic N) is 4. The minimum Gasteiger partial charge on any atom is -0.375 e. The summed E-state index contributed by atoms with van der Waals surface area (Å²) in [6, 6.07) is 6.18. The molecule has 0 amide bonds. The number of halogens is 1. The lowest BCUT2D eigenvalue weighted by molar-refractivity contribution is -0.0666. The molecule has 0 spiro atoms. The maximum absolute atomic E-state index is 6.27. The van der Waals surface area contributed by atoms with Gasteiger partial charge < -0.3 is 4.74 Å². The van der Waals surface area contributed by atoms with Crippen LogP contribution in [0.5, 0.6) is 0 Å². The van der Waals surface area contributed by atoms with Crippen LogP contribution in [-0.2, 0) is 17.8 Å². The van der Waals surface area contributed by atoms with Crippen molar-refractivity contribution in [1.82, 2.24) is 19.7 Å². The van der Waals surface area contributed by atoms with Crippen molar-refractivity contribution in [2.75, 3.05) is 7.05 Å². The van der Waals surface area contributed by atoms with Crippen LogP contribution in [0, 0.1) is 0 Å². The maximum atomic E-state index is 6.27. The molecular formula is C21H27ClN4O. The third kappa shape index (κ3) is 3.41. The Morgan fingerprint density at radius 1 is 1.00 bits per heavy atom. The van der Waals surface area contributed by atoms with Gasteiger partial charge in [0.15, 0.2) is 5.82 Å². The van der Waals surface area contributed by atoms with E-state index < -0.39 is 0 Å². The monoisotopic (exact) mass is 386 g/mol. The predicted octanol–water partition coefficient (Wildman–Crippen LogP) is 4.46. The molecule has 0 bridgehead atoms. The first-order chi connectivity index (χ1) is 13.2. The fraction of sp³-hybridized carbons (Fsp3) is 0.619. The van der Waals surface area contributed by atoms with Gasteiger partial charge in [0, 0.05) is 17.5 Å². The summed E-state index contributed by atoms with van der Waals surface area (Å²) in [7, 11) is 2.12. The summed E-state index contributed by atoms with van der Waals surface area (Å²) in [6.45, 7) is 1.68. The van der Waals surface area contributed by atoms with E-state index >= 15 is 0 Å².